The van der Waals surface area contributed by atoms with Crippen molar-refractivity contribution < 1.29 is 9.53 Å². The predicted octanol–water partition coefficient (Wildman–Crippen LogP) is 0.655. The summed E-state index contributed by atoms with van der Waals surface area (Å²) in [4.78, 5) is 11.1. The van der Waals surface area contributed by atoms with Gasteiger partial charge in [-0.2, -0.15) is 0 Å². The number of ether oxygens (including phenoxy) is 1. The van der Waals surface area contributed by atoms with Crippen molar-refractivity contribution in [3.63, 3.8) is 0 Å². The third-order valence-electron chi connectivity index (χ3n) is 0.955. The molecule has 0 atom stereocenters. The molecular weight excluding hydrogens is 176 g/mol. The highest BCUT2D eigenvalue weighted by molar-refractivity contribution is 7.80. The van der Waals surface area contributed by atoms with Crippen molar-refractivity contribution in [1.29, 1.82) is 0 Å². The normalized spacial score (nSPS) is 9.58. The van der Waals surface area contributed by atoms with E-state index < -0.39 is 6.09 Å². The Bertz CT molecular complexity index is 171. The first-order valence-corrected chi connectivity index (χ1v) is 4.12. The first-order valence-electron chi connectivity index (χ1n) is 3.71. The zero-order chi connectivity index (χ0) is 9.56. The third kappa shape index (κ3) is 7.27. The number of carbonyl (C=O) groups is 1. The molecule has 5 heteroatoms. The van der Waals surface area contributed by atoms with Crippen molar-refractivity contribution in [1.82, 2.24) is 5.32 Å². The van der Waals surface area contributed by atoms with E-state index in [0.29, 0.717) is 12.5 Å². The smallest absolute Gasteiger partial charge is 0.407 e. The highest BCUT2D eigenvalue weighted by Crippen LogP contribution is 1.91. The topological polar surface area (TPSA) is 64.3 Å². The van der Waals surface area contributed by atoms with Crippen LogP contribution in [-0.2, 0) is 4.74 Å². The molecule has 1 amide bonds. The van der Waals surface area contributed by atoms with Gasteiger partial charge in [-0.1, -0.05) is 26.1 Å². The van der Waals surface area contributed by atoms with Crippen LogP contribution in [0.15, 0.2) is 0 Å². The zero-order valence-corrected chi connectivity index (χ0v) is 8.11. The molecule has 0 radical (unpaired) electrons. The maximum absolute atomic E-state index is 10.8. The highest BCUT2D eigenvalue weighted by Gasteiger charge is 2.02. The van der Waals surface area contributed by atoms with Gasteiger partial charge in [0, 0.05) is 0 Å². The SMILES string of the molecule is CC(C)COC(=O)NCC(N)=S. The molecule has 0 unspecified atom stereocenters. The number of thiocarbonyl (C=S) groups is 1. The molecule has 0 aromatic carbocycles. The summed E-state index contributed by atoms with van der Waals surface area (Å²) in [6.45, 7) is 4.51. The molecule has 0 aliphatic heterocycles. The molecular formula is C7H14N2O2S. The van der Waals surface area contributed by atoms with Gasteiger partial charge in [-0.3, -0.25) is 0 Å². The number of alkyl carbamates (subject to hydrolysis) is 1. The Hall–Kier alpha value is -0.840. The predicted molar refractivity (Wildman–Crippen MR) is 51.0 cm³/mol. The third-order valence-corrected chi connectivity index (χ3v) is 1.10. The molecule has 70 valence electrons. The van der Waals surface area contributed by atoms with E-state index in [9.17, 15) is 4.79 Å². The minimum atomic E-state index is -0.475. The van der Waals surface area contributed by atoms with Gasteiger partial charge >= 0.3 is 6.09 Å². The number of carbonyl (C=O) groups excluding carboxylic acids is 1. The van der Waals surface area contributed by atoms with Gasteiger partial charge in [0.1, 0.15) is 0 Å². The maximum Gasteiger partial charge on any atom is 0.407 e. The van der Waals surface area contributed by atoms with Crippen molar-refractivity contribution in [2.24, 2.45) is 11.7 Å². The van der Waals surface area contributed by atoms with E-state index >= 15 is 0 Å². The molecule has 4 nitrogen and oxygen atoms in total. The van der Waals surface area contributed by atoms with Crippen molar-refractivity contribution >= 4 is 23.3 Å². The quantitative estimate of drug-likeness (QED) is 0.639. The molecule has 0 aromatic rings. The van der Waals surface area contributed by atoms with Crippen LogP contribution in [0.2, 0.25) is 0 Å². The monoisotopic (exact) mass is 190 g/mol. The van der Waals surface area contributed by atoms with Gasteiger partial charge in [0.25, 0.3) is 0 Å². The Morgan fingerprint density at radius 3 is 2.67 bits per heavy atom. The van der Waals surface area contributed by atoms with Gasteiger partial charge in [-0.05, 0) is 5.92 Å². The van der Waals surface area contributed by atoms with E-state index in [2.05, 4.69) is 17.5 Å². The number of nitrogens with two attached hydrogens (primary N) is 1. The Kier molecular flexibility index (Phi) is 5.36. The zero-order valence-electron chi connectivity index (χ0n) is 7.29. The maximum atomic E-state index is 10.8. The minimum Gasteiger partial charge on any atom is -0.449 e. The average molecular weight is 190 g/mol. The summed E-state index contributed by atoms with van der Waals surface area (Å²) in [5.41, 5.74) is 5.16. The first-order chi connectivity index (χ1) is 5.52. The summed E-state index contributed by atoms with van der Waals surface area (Å²) in [5.74, 6) is 0.334. The van der Waals surface area contributed by atoms with Crippen molar-refractivity contribution in [2.45, 2.75) is 13.8 Å². The van der Waals surface area contributed by atoms with Gasteiger partial charge in [0.15, 0.2) is 0 Å². The number of amides is 1. The van der Waals surface area contributed by atoms with E-state index in [4.69, 9.17) is 10.5 Å². The molecule has 0 aliphatic rings. The van der Waals surface area contributed by atoms with E-state index in [0.717, 1.165) is 0 Å². The van der Waals surface area contributed by atoms with Gasteiger partial charge in [-0.25, -0.2) is 4.79 Å². The van der Waals surface area contributed by atoms with Crippen LogP contribution in [0.1, 0.15) is 13.8 Å². The lowest BCUT2D eigenvalue weighted by molar-refractivity contribution is 0.134. The van der Waals surface area contributed by atoms with E-state index in [-0.39, 0.29) is 11.5 Å². The molecule has 0 fully saturated rings. The standard InChI is InChI=1S/C7H14N2O2S/c1-5(2)4-11-7(10)9-3-6(8)12/h5H,3-4H2,1-2H3,(H2,8,12)(H,9,10). The van der Waals surface area contributed by atoms with Gasteiger partial charge in [0.05, 0.1) is 18.1 Å². The summed E-state index contributed by atoms with van der Waals surface area (Å²) in [7, 11) is 0. The lowest BCUT2D eigenvalue weighted by atomic mass is 10.2. The summed E-state index contributed by atoms with van der Waals surface area (Å²) >= 11 is 4.56. The van der Waals surface area contributed by atoms with Crippen LogP contribution in [0, 0.1) is 5.92 Å². The van der Waals surface area contributed by atoms with Crippen molar-refractivity contribution in [3.8, 4) is 0 Å². The molecule has 0 rings (SSSR count). The molecule has 0 bridgehead atoms. The van der Waals surface area contributed by atoms with Crippen LogP contribution >= 0.6 is 12.2 Å². The Morgan fingerprint density at radius 2 is 2.25 bits per heavy atom. The van der Waals surface area contributed by atoms with Gasteiger partial charge in [0.2, 0.25) is 0 Å². The van der Waals surface area contributed by atoms with Crippen LogP contribution in [0.4, 0.5) is 4.79 Å². The fraction of sp³-hybridized carbons (Fsp3) is 0.714. The molecule has 3 N–H and O–H groups in total. The largest absolute Gasteiger partial charge is 0.449 e. The summed E-state index contributed by atoms with van der Waals surface area (Å²) in [5, 5.41) is 2.41. The first kappa shape index (κ1) is 11.2. The Labute approximate surface area is 77.5 Å². The lowest BCUT2D eigenvalue weighted by Gasteiger charge is -2.07. The number of hydrogen-bond acceptors (Lipinski definition) is 3. The fourth-order valence-corrected chi connectivity index (χ4v) is 0.525. The molecule has 12 heavy (non-hydrogen) atoms. The van der Waals surface area contributed by atoms with Crippen LogP contribution in [-0.4, -0.2) is 24.2 Å². The second-order valence-corrected chi connectivity index (χ2v) is 3.34. The molecule has 0 aromatic heterocycles. The van der Waals surface area contributed by atoms with Gasteiger partial charge < -0.3 is 15.8 Å². The molecule has 0 saturated carbocycles. The van der Waals surface area contributed by atoms with Crippen molar-refractivity contribution in [2.75, 3.05) is 13.2 Å². The number of nitrogens with one attached hydrogen (secondary N) is 1. The summed E-state index contributed by atoms with van der Waals surface area (Å²) < 4.78 is 4.79. The fourth-order valence-electron chi connectivity index (χ4n) is 0.453. The van der Waals surface area contributed by atoms with E-state index in [1.807, 2.05) is 13.8 Å². The lowest BCUT2D eigenvalue weighted by Crippen LogP contribution is -2.33. The number of hydrogen-bond donors (Lipinski definition) is 2. The van der Waals surface area contributed by atoms with Gasteiger partial charge in [-0.15, -0.1) is 0 Å². The Balaban J connectivity index is 3.40. The average Bonchev–Trinajstić information content (AvgIpc) is 1.96. The number of rotatable bonds is 4. The van der Waals surface area contributed by atoms with Crippen molar-refractivity contribution in [3.05, 3.63) is 0 Å². The summed E-state index contributed by atoms with van der Waals surface area (Å²) in [6, 6.07) is 0. The van der Waals surface area contributed by atoms with Crippen LogP contribution in [0.5, 0.6) is 0 Å². The second kappa shape index (κ2) is 5.77. The minimum absolute atomic E-state index is 0.187. The van der Waals surface area contributed by atoms with E-state index in [1.54, 1.807) is 0 Å². The van der Waals surface area contributed by atoms with Crippen LogP contribution in [0.25, 0.3) is 0 Å². The second-order valence-electron chi connectivity index (χ2n) is 2.81. The van der Waals surface area contributed by atoms with E-state index in [1.165, 1.54) is 0 Å². The molecule has 0 saturated heterocycles. The molecule has 0 heterocycles. The molecule has 0 aliphatic carbocycles. The van der Waals surface area contributed by atoms with Crippen LogP contribution in [0.3, 0.4) is 0 Å². The van der Waals surface area contributed by atoms with Crippen LogP contribution < -0.4 is 11.1 Å². The summed E-state index contributed by atoms with van der Waals surface area (Å²) in [6.07, 6.45) is -0.475. The Morgan fingerprint density at radius 1 is 1.67 bits per heavy atom. The highest BCUT2D eigenvalue weighted by atomic mass is 32.1. The molecule has 0 spiro atoms.